The van der Waals surface area contributed by atoms with Gasteiger partial charge in [0.1, 0.15) is 17.8 Å². The third-order valence-corrected chi connectivity index (χ3v) is 12.6. The van der Waals surface area contributed by atoms with Gasteiger partial charge in [0.05, 0.1) is 27.9 Å². The number of H-pyrrole nitrogens is 1. The van der Waals surface area contributed by atoms with Gasteiger partial charge in [0.25, 0.3) is 0 Å². The number of nitrogens with zero attached hydrogens (tertiary/aromatic N) is 4. The van der Waals surface area contributed by atoms with Crippen molar-refractivity contribution in [1.29, 1.82) is 0 Å². The molecule has 2 aliphatic rings. The average molecular weight is 835 g/mol. The first-order valence-corrected chi connectivity index (χ1v) is 21.6. The van der Waals surface area contributed by atoms with E-state index < -0.39 is 29.5 Å². The molecule has 15 heteroatoms. The standard InChI is InChI=1S/C45H54N8O6S/c1-26-39(60-25-48-26)28-15-13-27(14-16-28)23-47-43(58)36-21-30(54)24-53(36)44(59)40(45(2,3)4)50-38(56)12-6-5-9-19-46-42(57)29-17-18-34-32(20-29)33-22-35(51-52-41(33)49-34)31-10-7-8-11-37(31)55/h7-8,10-11,13-16,22,25,29-30,36,40,54-55H,5-6,9,12,17-21,23-24H2,1-4H3,(H,46,57)(H,47,58)(H,49,52)(H,50,56)/t29-,30-,36+,40-/m1/s1. The molecule has 14 nitrogen and oxygen atoms in total. The molecule has 60 heavy (non-hydrogen) atoms. The molecule has 4 heterocycles. The van der Waals surface area contributed by atoms with E-state index in [0.29, 0.717) is 55.6 Å². The molecule has 7 rings (SSSR count). The molecule has 1 aliphatic carbocycles. The van der Waals surface area contributed by atoms with Crippen LogP contribution in [0.3, 0.4) is 0 Å². The number of fused-ring (bicyclic) bond motifs is 3. The predicted octanol–water partition coefficient (Wildman–Crippen LogP) is 5.35. The second kappa shape index (κ2) is 18.3. The van der Waals surface area contributed by atoms with E-state index >= 15 is 0 Å². The van der Waals surface area contributed by atoms with E-state index in [1.807, 2.05) is 69.6 Å². The Hall–Kier alpha value is -5.67. The number of phenols is 1. The first-order chi connectivity index (χ1) is 28.8. The monoisotopic (exact) mass is 834 g/mol. The Labute approximate surface area is 353 Å². The van der Waals surface area contributed by atoms with Crippen molar-refractivity contribution in [2.45, 2.75) is 104 Å². The number of aliphatic hydroxyl groups excluding tert-OH is 1. The molecule has 0 unspecified atom stereocenters. The summed E-state index contributed by atoms with van der Waals surface area (Å²) in [6.07, 6.45) is 3.46. The van der Waals surface area contributed by atoms with Crippen LogP contribution in [-0.2, 0) is 38.6 Å². The van der Waals surface area contributed by atoms with Gasteiger partial charge >= 0.3 is 0 Å². The van der Waals surface area contributed by atoms with E-state index in [2.05, 4.69) is 36.1 Å². The van der Waals surface area contributed by atoms with Gasteiger partial charge in [-0.05, 0) is 79.3 Å². The van der Waals surface area contributed by atoms with Gasteiger partial charge in [0.15, 0.2) is 5.65 Å². The number of carbonyl (C=O) groups is 4. The first-order valence-electron chi connectivity index (χ1n) is 20.7. The van der Waals surface area contributed by atoms with Crippen LogP contribution >= 0.6 is 11.3 Å². The van der Waals surface area contributed by atoms with Gasteiger partial charge in [-0.15, -0.1) is 21.5 Å². The molecule has 1 saturated heterocycles. The molecule has 0 bridgehead atoms. The Morgan fingerprint density at radius 3 is 2.52 bits per heavy atom. The number of nitrogens with one attached hydrogen (secondary N) is 4. The number of aliphatic hydroxyl groups is 1. The summed E-state index contributed by atoms with van der Waals surface area (Å²) in [5.74, 6) is -1.07. The lowest BCUT2D eigenvalue weighted by Gasteiger charge is -2.35. The van der Waals surface area contributed by atoms with Gasteiger partial charge in [-0.25, -0.2) is 4.98 Å². The molecule has 4 atom stereocenters. The molecule has 0 spiro atoms. The number of aromatic hydroxyl groups is 1. The topological polar surface area (TPSA) is 203 Å². The number of aryl methyl sites for hydroxylation is 2. The lowest BCUT2D eigenvalue weighted by atomic mass is 9.85. The molecule has 1 fully saturated rings. The molecular formula is C45H54N8O6S. The van der Waals surface area contributed by atoms with Crippen LogP contribution in [0.25, 0.3) is 32.7 Å². The number of carbonyl (C=O) groups excluding carboxylic acids is 4. The summed E-state index contributed by atoms with van der Waals surface area (Å²) in [5, 5.41) is 39.4. The Morgan fingerprint density at radius 1 is 1.00 bits per heavy atom. The van der Waals surface area contributed by atoms with Crippen LogP contribution in [0.2, 0.25) is 0 Å². The third kappa shape index (κ3) is 9.68. The van der Waals surface area contributed by atoms with Crippen molar-refractivity contribution in [2.24, 2.45) is 11.3 Å². The van der Waals surface area contributed by atoms with Crippen molar-refractivity contribution in [1.82, 2.24) is 41.0 Å². The highest BCUT2D eigenvalue weighted by Gasteiger charge is 2.44. The highest BCUT2D eigenvalue weighted by molar-refractivity contribution is 7.13. The Bertz CT molecular complexity index is 2350. The zero-order chi connectivity index (χ0) is 42.6. The zero-order valence-corrected chi connectivity index (χ0v) is 35.4. The number of benzene rings is 2. The van der Waals surface area contributed by atoms with Crippen LogP contribution in [0, 0.1) is 18.3 Å². The minimum absolute atomic E-state index is 0.00209. The van der Waals surface area contributed by atoms with Crippen LogP contribution in [0.15, 0.2) is 60.1 Å². The highest BCUT2D eigenvalue weighted by Crippen LogP contribution is 2.35. The first kappa shape index (κ1) is 42.5. The molecule has 4 amide bonds. The summed E-state index contributed by atoms with van der Waals surface area (Å²) >= 11 is 1.58. The minimum atomic E-state index is -0.898. The van der Waals surface area contributed by atoms with Gasteiger partial charge in [0, 0.05) is 55.0 Å². The second-order valence-electron chi connectivity index (χ2n) is 17.1. The summed E-state index contributed by atoms with van der Waals surface area (Å²) in [6.45, 7) is 8.33. The van der Waals surface area contributed by atoms with Crippen LogP contribution in [0.5, 0.6) is 5.75 Å². The second-order valence-corrected chi connectivity index (χ2v) is 17.9. The molecule has 6 N–H and O–H groups in total. The molecule has 2 aromatic carbocycles. The van der Waals surface area contributed by atoms with Crippen molar-refractivity contribution in [3.05, 3.63) is 82.6 Å². The Kier molecular flexibility index (Phi) is 12.9. The number of rotatable bonds is 14. The quantitative estimate of drug-likeness (QED) is 0.0798. The molecule has 0 saturated carbocycles. The van der Waals surface area contributed by atoms with E-state index in [9.17, 15) is 29.4 Å². The lowest BCUT2D eigenvalue weighted by Crippen LogP contribution is -2.57. The fourth-order valence-corrected chi connectivity index (χ4v) is 9.02. The maximum Gasteiger partial charge on any atom is 0.246 e. The lowest BCUT2D eigenvalue weighted by molar-refractivity contribution is -0.144. The number of amides is 4. The number of para-hydroxylation sites is 1. The van der Waals surface area contributed by atoms with Crippen molar-refractivity contribution in [3.63, 3.8) is 0 Å². The molecule has 316 valence electrons. The van der Waals surface area contributed by atoms with Crippen LogP contribution in [-0.4, -0.2) is 90.2 Å². The van der Waals surface area contributed by atoms with Crippen molar-refractivity contribution < 1.29 is 29.4 Å². The summed E-state index contributed by atoms with van der Waals surface area (Å²) in [4.78, 5) is 64.1. The highest BCUT2D eigenvalue weighted by atomic mass is 32.1. The number of unbranched alkanes of at least 4 members (excludes halogenated alkanes) is 2. The molecule has 3 aromatic heterocycles. The van der Waals surface area contributed by atoms with Crippen molar-refractivity contribution in [3.8, 4) is 27.4 Å². The Morgan fingerprint density at radius 2 is 1.78 bits per heavy atom. The van der Waals surface area contributed by atoms with E-state index in [0.717, 1.165) is 44.8 Å². The number of aromatic amines is 1. The van der Waals surface area contributed by atoms with Crippen LogP contribution in [0.1, 0.15) is 81.8 Å². The summed E-state index contributed by atoms with van der Waals surface area (Å²) in [5.41, 5.74) is 8.04. The molecule has 5 aromatic rings. The SMILES string of the molecule is Cc1ncsc1-c1ccc(CNC(=O)[C@@H]2C[C@@H](O)CN2C(=O)[C@@H](NC(=O)CCCCCNC(=O)[C@@H]2CCc3[nH]c4nnc(-c5ccccc5O)cc4c3C2)C(C)(C)C)cc1. The summed E-state index contributed by atoms with van der Waals surface area (Å²) < 4.78 is 0. The van der Waals surface area contributed by atoms with Crippen molar-refractivity contribution in [2.75, 3.05) is 13.1 Å². The number of likely N-dealkylation sites (tertiary alicyclic amines) is 1. The van der Waals surface area contributed by atoms with E-state index in [-0.39, 0.29) is 55.3 Å². The zero-order valence-electron chi connectivity index (χ0n) is 34.6. The predicted molar refractivity (Wildman–Crippen MR) is 230 cm³/mol. The number of β-amino-alcohol motifs (C(OH)–C–C–N with tert-alkyl or cyclic N) is 1. The van der Waals surface area contributed by atoms with E-state index in [1.54, 1.807) is 29.5 Å². The largest absolute Gasteiger partial charge is 0.507 e. The normalized spacial score (nSPS) is 18.2. The summed E-state index contributed by atoms with van der Waals surface area (Å²) in [7, 11) is 0. The fourth-order valence-electron chi connectivity index (χ4n) is 8.21. The Balaban J connectivity index is 0.854. The molecule has 1 aliphatic heterocycles. The smallest absolute Gasteiger partial charge is 0.246 e. The van der Waals surface area contributed by atoms with Gasteiger partial charge in [0.2, 0.25) is 23.6 Å². The van der Waals surface area contributed by atoms with Gasteiger partial charge in [-0.3, -0.25) is 19.2 Å². The van der Waals surface area contributed by atoms with E-state index in [1.165, 1.54) is 4.90 Å². The fraction of sp³-hybridized carbons (Fsp3) is 0.444. The number of hydrogen-bond donors (Lipinski definition) is 6. The van der Waals surface area contributed by atoms with Crippen molar-refractivity contribution >= 4 is 46.0 Å². The van der Waals surface area contributed by atoms with Gasteiger partial charge < -0.3 is 36.0 Å². The number of hydrogen-bond acceptors (Lipinski definition) is 10. The van der Waals surface area contributed by atoms with Crippen LogP contribution in [0.4, 0.5) is 0 Å². The maximum absolute atomic E-state index is 14.0. The van der Waals surface area contributed by atoms with Gasteiger partial charge in [-0.1, -0.05) is 63.6 Å². The molecule has 0 radical (unpaired) electrons. The average Bonchev–Trinajstić information content (AvgIpc) is 3.95. The van der Waals surface area contributed by atoms with E-state index in [4.69, 9.17) is 0 Å². The molecular weight excluding hydrogens is 781 g/mol. The minimum Gasteiger partial charge on any atom is -0.507 e. The number of phenolic OH excluding ortho intramolecular Hbond substituents is 1. The third-order valence-electron chi connectivity index (χ3n) is 11.6. The maximum atomic E-state index is 14.0. The number of aromatic nitrogens is 4. The summed E-state index contributed by atoms with van der Waals surface area (Å²) in [6, 6.07) is 15.1. The number of thiazole rings is 1. The van der Waals surface area contributed by atoms with Crippen LogP contribution < -0.4 is 16.0 Å². The van der Waals surface area contributed by atoms with Gasteiger partial charge in [-0.2, -0.15) is 0 Å².